The normalized spacial score (nSPS) is 10.6. The minimum atomic E-state index is -0.109. The molecule has 8 rings (SSSR count). The maximum atomic E-state index is 9.41. The number of thiazole rings is 2. The van der Waals surface area contributed by atoms with Crippen LogP contribution in [0, 0.1) is 0 Å². The van der Waals surface area contributed by atoms with E-state index < -0.39 is 0 Å². The number of aliphatic hydroxyl groups is 2. The van der Waals surface area contributed by atoms with Crippen LogP contribution in [-0.4, -0.2) is 79.0 Å². The summed E-state index contributed by atoms with van der Waals surface area (Å²) in [5, 5.41) is 41.8. The molecule has 4 heterocycles. The topological polar surface area (TPSA) is 222 Å². The summed E-state index contributed by atoms with van der Waals surface area (Å²) in [6, 6.07) is 24.9. The monoisotopic (exact) mass is 871 g/mol. The third kappa shape index (κ3) is 10.6. The van der Waals surface area contributed by atoms with Gasteiger partial charge >= 0.3 is 0 Å². The number of hydrogen-bond acceptors (Lipinski definition) is 19. The van der Waals surface area contributed by atoms with Gasteiger partial charge in [0.15, 0.2) is 45.3 Å². The molecule has 4 aromatic carbocycles. The highest BCUT2D eigenvalue weighted by Crippen LogP contribution is 2.35. The van der Waals surface area contributed by atoms with E-state index in [1.807, 2.05) is 60.7 Å². The summed E-state index contributed by atoms with van der Waals surface area (Å²) in [7, 11) is 6.37. The predicted molar refractivity (Wildman–Crippen MR) is 231 cm³/mol. The van der Waals surface area contributed by atoms with Gasteiger partial charge in [0.05, 0.1) is 58.4 Å². The second-order valence-corrected chi connectivity index (χ2v) is 14.1. The van der Waals surface area contributed by atoms with Gasteiger partial charge in [-0.15, -0.1) is 27.9 Å². The van der Waals surface area contributed by atoms with E-state index in [0.717, 1.165) is 32.2 Å². The molecule has 310 valence electrons. The van der Waals surface area contributed by atoms with E-state index in [9.17, 15) is 5.11 Å². The van der Waals surface area contributed by atoms with Gasteiger partial charge < -0.3 is 39.8 Å². The highest BCUT2D eigenvalue weighted by atomic mass is 35.5. The number of benzene rings is 4. The first-order chi connectivity index (χ1) is 29.2. The molecule has 60 heavy (non-hydrogen) atoms. The van der Waals surface area contributed by atoms with Crippen LogP contribution in [0.5, 0.6) is 23.0 Å². The number of fused-ring (bicyclic) bond motifs is 2. The number of nitrogens with zero attached hydrogens (tertiary/aromatic N) is 7. The van der Waals surface area contributed by atoms with Crippen molar-refractivity contribution in [1.82, 2.24) is 29.9 Å². The van der Waals surface area contributed by atoms with Crippen LogP contribution < -0.4 is 34.8 Å². The van der Waals surface area contributed by atoms with E-state index in [1.165, 1.54) is 34.8 Å². The maximum Gasteiger partial charge on any atom is 0.225 e. The molecule has 20 heteroatoms. The Hall–Kier alpha value is -6.45. The molecular formula is C40H38ClN9O8S2. The molecule has 0 fully saturated rings. The van der Waals surface area contributed by atoms with E-state index in [2.05, 4.69) is 40.5 Å². The van der Waals surface area contributed by atoms with Gasteiger partial charge in [0.2, 0.25) is 5.28 Å². The van der Waals surface area contributed by atoms with Crippen LogP contribution in [0.3, 0.4) is 0 Å². The van der Waals surface area contributed by atoms with E-state index in [-0.39, 0.29) is 29.4 Å². The van der Waals surface area contributed by atoms with Crippen molar-refractivity contribution in [3.63, 3.8) is 0 Å². The van der Waals surface area contributed by atoms with Crippen molar-refractivity contribution in [3.8, 4) is 34.4 Å². The standard InChI is InChI=1S/C20H18N4O3S.C13H11ClN4O2S.C7H9NO3/c1-26-15-7-6-14(9-16(15)27-2)22-19-17-20(28-11-21-17)24-18(23-19)13-5-3-4-12(8-13)10-25;1-19-8-4-3-7(5-9(8)20-2)16-11-10-12(21-6-15-10)18-13(14)17-11;9-5-6-2-1-3-7(4-6)8(10)11/h3-9,11,25H,10H2,1-2H3,(H,22,23,24);3-6H,1-2H3,(H,16,17,18);1-4,9-11H,5H2. The molecule has 6 N–H and O–H groups in total. The largest absolute Gasteiger partial charge is 0.493 e. The Morgan fingerprint density at radius 3 is 1.65 bits per heavy atom. The second-order valence-electron chi connectivity index (χ2n) is 12.1. The van der Waals surface area contributed by atoms with Crippen LogP contribution in [0.2, 0.25) is 5.28 Å². The van der Waals surface area contributed by atoms with Crippen LogP contribution >= 0.6 is 34.3 Å². The predicted octanol–water partition coefficient (Wildman–Crippen LogP) is 8.27. The molecule has 0 aliphatic carbocycles. The van der Waals surface area contributed by atoms with Gasteiger partial charge in [0.25, 0.3) is 0 Å². The second kappa shape index (κ2) is 20.5. The summed E-state index contributed by atoms with van der Waals surface area (Å²) >= 11 is 8.78. The molecule has 0 aliphatic rings. The molecule has 8 aromatic rings. The SMILES string of the molecule is COc1ccc(Nc2nc(-c3cccc(CO)c3)nc3scnc23)cc1OC.COc1ccc(Nc2nc(Cl)nc3scnc23)cc1OC.OCc1cccc(N(O)O)c1. The molecule has 0 radical (unpaired) electrons. The minimum Gasteiger partial charge on any atom is -0.493 e. The van der Waals surface area contributed by atoms with Crippen molar-refractivity contribution >= 4 is 83.7 Å². The summed E-state index contributed by atoms with van der Waals surface area (Å²) in [5.74, 6) is 4.26. The van der Waals surface area contributed by atoms with Gasteiger partial charge in [-0.3, -0.25) is 10.4 Å². The molecule has 4 aromatic heterocycles. The maximum absolute atomic E-state index is 9.41. The van der Waals surface area contributed by atoms with Gasteiger partial charge in [-0.2, -0.15) is 4.98 Å². The molecule has 0 saturated carbocycles. The highest BCUT2D eigenvalue weighted by molar-refractivity contribution is 7.16. The van der Waals surface area contributed by atoms with Crippen LogP contribution in [0.4, 0.5) is 28.7 Å². The van der Waals surface area contributed by atoms with Crippen LogP contribution in [-0.2, 0) is 13.2 Å². The van der Waals surface area contributed by atoms with Crippen LogP contribution in [0.15, 0.2) is 96.0 Å². The van der Waals surface area contributed by atoms with Gasteiger partial charge in [-0.25, -0.2) is 24.9 Å². The summed E-state index contributed by atoms with van der Waals surface area (Å²) in [6.45, 7) is -0.144. The average Bonchev–Trinajstić information content (AvgIpc) is 3.97. The molecule has 0 bridgehead atoms. The molecular weight excluding hydrogens is 834 g/mol. The lowest BCUT2D eigenvalue weighted by atomic mass is 10.1. The Morgan fingerprint density at radius 2 is 1.12 bits per heavy atom. The number of halogens is 1. The quantitative estimate of drug-likeness (QED) is 0.0502. The number of aromatic nitrogens is 6. The first-order valence-electron chi connectivity index (χ1n) is 17.6. The molecule has 17 nitrogen and oxygen atoms in total. The number of aliphatic hydroxyl groups excluding tert-OH is 2. The number of nitrogens with one attached hydrogen (secondary N) is 2. The zero-order valence-electron chi connectivity index (χ0n) is 32.4. The first-order valence-corrected chi connectivity index (χ1v) is 19.7. The summed E-state index contributed by atoms with van der Waals surface area (Å²) in [4.78, 5) is 27.8. The Labute approximate surface area is 356 Å². The van der Waals surface area contributed by atoms with E-state index in [1.54, 1.807) is 51.6 Å². The molecule has 0 aliphatic heterocycles. The van der Waals surface area contributed by atoms with E-state index in [4.69, 9.17) is 46.1 Å². The van der Waals surface area contributed by atoms with Crippen molar-refractivity contribution < 1.29 is 39.6 Å². The zero-order valence-corrected chi connectivity index (χ0v) is 34.8. The average molecular weight is 872 g/mol. The lowest BCUT2D eigenvalue weighted by molar-refractivity contribution is 0.0291. The van der Waals surface area contributed by atoms with Crippen LogP contribution in [0.1, 0.15) is 11.1 Å². The number of ether oxygens (including phenoxy) is 4. The summed E-state index contributed by atoms with van der Waals surface area (Å²) in [5.41, 5.74) is 8.91. The highest BCUT2D eigenvalue weighted by Gasteiger charge is 2.15. The molecule has 0 saturated heterocycles. The lowest BCUT2D eigenvalue weighted by Gasteiger charge is -2.12. The Bertz CT molecular complexity index is 2690. The number of anilines is 5. The summed E-state index contributed by atoms with van der Waals surface area (Å²) in [6.07, 6.45) is 0. The van der Waals surface area contributed by atoms with E-state index >= 15 is 0 Å². The fourth-order valence-electron chi connectivity index (χ4n) is 5.49. The smallest absolute Gasteiger partial charge is 0.225 e. The fourth-order valence-corrected chi connectivity index (χ4v) is 7.03. The van der Waals surface area contributed by atoms with Gasteiger partial charge in [0, 0.05) is 29.1 Å². The third-order valence-electron chi connectivity index (χ3n) is 8.35. The van der Waals surface area contributed by atoms with E-state index in [0.29, 0.717) is 57.1 Å². The number of hydrogen-bond donors (Lipinski definition) is 6. The fraction of sp³-hybridized carbons (Fsp3) is 0.150. The number of rotatable bonds is 12. The van der Waals surface area contributed by atoms with Gasteiger partial charge in [-0.05, 0) is 65.2 Å². The Kier molecular flexibility index (Phi) is 14.7. The Morgan fingerprint density at radius 1 is 0.600 bits per heavy atom. The summed E-state index contributed by atoms with van der Waals surface area (Å²) < 4.78 is 21.1. The van der Waals surface area contributed by atoms with Crippen molar-refractivity contribution in [2.75, 3.05) is 44.3 Å². The third-order valence-corrected chi connectivity index (χ3v) is 9.96. The van der Waals surface area contributed by atoms with Crippen molar-refractivity contribution in [1.29, 1.82) is 0 Å². The molecule has 0 unspecified atom stereocenters. The molecule has 0 spiro atoms. The first kappa shape index (κ1) is 43.1. The zero-order chi connectivity index (χ0) is 42.6. The Balaban J connectivity index is 0.000000166. The van der Waals surface area contributed by atoms with Crippen LogP contribution in [0.25, 0.3) is 32.1 Å². The van der Waals surface area contributed by atoms with Crippen molar-refractivity contribution in [2.45, 2.75) is 13.2 Å². The molecule has 0 atom stereocenters. The van der Waals surface area contributed by atoms with Gasteiger partial charge in [0.1, 0.15) is 15.9 Å². The number of methoxy groups -OCH3 is 4. The lowest BCUT2D eigenvalue weighted by Crippen LogP contribution is -2.10. The van der Waals surface area contributed by atoms with Crippen molar-refractivity contribution in [3.05, 3.63) is 112 Å². The minimum absolute atomic E-state index is 0.0131. The molecule has 0 amide bonds. The van der Waals surface area contributed by atoms with Gasteiger partial charge in [-0.1, -0.05) is 30.3 Å². The van der Waals surface area contributed by atoms with Crippen molar-refractivity contribution in [2.24, 2.45) is 0 Å².